The summed E-state index contributed by atoms with van der Waals surface area (Å²) in [6, 6.07) is 7.88. The summed E-state index contributed by atoms with van der Waals surface area (Å²) in [5, 5.41) is 3.34. The predicted molar refractivity (Wildman–Crippen MR) is 79.5 cm³/mol. The van der Waals surface area contributed by atoms with Crippen molar-refractivity contribution in [1.29, 1.82) is 0 Å². The number of rotatable bonds is 7. The van der Waals surface area contributed by atoms with Crippen molar-refractivity contribution in [3.05, 3.63) is 29.8 Å². The number of para-hydroxylation sites is 1. The van der Waals surface area contributed by atoms with Crippen LogP contribution in [0.3, 0.4) is 0 Å². The van der Waals surface area contributed by atoms with Gasteiger partial charge in [-0.3, -0.25) is 0 Å². The number of hydrogen-bond acceptors (Lipinski definition) is 3. The van der Waals surface area contributed by atoms with E-state index in [0.717, 1.165) is 24.9 Å². The van der Waals surface area contributed by atoms with E-state index < -0.39 is 0 Å². The van der Waals surface area contributed by atoms with E-state index in [0.29, 0.717) is 5.92 Å². The third kappa shape index (κ3) is 4.58. The van der Waals surface area contributed by atoms with Crippen molar-refractivity contribution in [2.75, 3.05) is 12.4 Å². The van der Waals surface area contributed by atoms with Crippen LogP contribution in [0.15, 0.2) is 24.3 Å². The third-order valence-corrected chi connectivity index (χ3v) is 3.24. The smallest absolute Gasteiger partial charge is 0.328 e. The zero-order chi connectivity index (χ0) is 14.3. The maximum Gasteiger partial charge on any atom is 0.328 e. The van der Waals surface area contributed by atoms with Crippen LogP contribution in [0.1, 0.15) is 51.5 Å². The number of carbonyl (C=O) groups is 1. The Hall–Kier alpha value is -1.51. The van der Waals surface area contributed by atoms with E-state index in [1.165, 1.54) is 12.7 Å². The summed E-state index contributed by atoms with van der Waals surface area (Å²) < 4.78 is 4.88. The molecule has 1 aromatic rings. The molecule has 0 aliphatic heterocycles. The van der Waals surface area contributed by atoms with Crippen molar-refractivity contribution >= 4 is 11.7 Å². The van der Waals surface area contributed by atoms with Crippen LogP contribution >= 0.6 is 0 Å². The van der Waals surface area contributed by atoms with Gasteiger partial charge in [0.1, 0.15) is 6.04 Å². The highest BCUT2D eigenvalue weighted by molar-refractivity contribution is 5.79. The molecule has 3 heteroatoms. The lowest BCUT2D eigenvalue weighted by atomic mass is 10.00. The van der Waals surface area contributed by atoms with Crippen LogP contribution in [0, 0.1) is 0 Å². The molecule has 1 N–H and O–H groups in total. The minimum absolute atomic E-state index is 0.188. The van der Waals surface area contributed by atoms with Crippen molar-refractivity contribution in [3.8, 4) is 0 Å². The van der Waals surface area contributed by atoms with Crippen molar-refractivity contribution < 1.29 is 9.53 Å². The molecule has 0 aliphatic rings. The predicted octanol–water partition coefficient (Wildman–Crippen LogP) is 3.95. The Morgan fingerprint density at radius 3 is 2.58 bits per heavy atom. The van der Waals surface area contributed by atoms with Crippen LogP contribution in [0.4, 0.5) is 5.69 Å². The van der Waals surface area contributed by atoms with Gasteiger partial charge < -0.3 is 10.1 Å². The number of esters is 1. The highest BCUT2D eigenvalue weighted by atomic mass is 16.5. The average Bonchev–Trinajstić information content (AvgIpc) is 2.42. The van der Waals surface area contributed by atoms with Gasteiger partial charge in [0.05, 0.1) is 7.11 Å². The fraction of sp³-hybridized carbons (Fsp3) is 0.562. The summed E-state index contributed by atoms with van der Waals surface area (Å²) in [6.07, 6.45) is 2.88. The Morgan fingerprint density at radius 2 is 2.00 bits per heavy atom. The summed E-state index contributed by atoms with van der Waals surface area (Å²) in [7, 11) is 1.44. The second kappa shape index (κ2) is 7.82. The van der Waals surface area contributed by atoms with Crippen molar-refractivity contribution in [2.45, 2.75) is 52.0 Å². The molecule has 1 unspecified atom stereocenters. The zero-order valence-corrected chi connectivity index (χ0v) is 12.4. The first-order valence-electron chi connectivity index (χ1n) is 7.03. The normalized spacial score (nSPS) is 12.3. The highest BCUT2D eigenvalue weighted by Crippen LogP contribution is 2.25. The van der Waals surface area contributed by atoms with Gasteiger partial charge in [-0.25, -0.2) is 4.79 Å². The van der Waals surface area contributed by atoms with E-state index in [1.54, 1.807) is 0 Å². The monoisotopic (exact) mass is 263 g/mol. The summed E-state index contributed by atoms with van der Waals surface area (Å²) in [6.45, 7) is 6.43. The number of anilines is 1. The number of unbranched alkanes of at least 4 members (excludes halogenated alkanes) is 1. The molecule has 1 aromatic carbocycles. The Morgan fingerprint density at radius 1 is 1.32 bits per heavy atom. The van der Waals surface area contributed by atoms with Crippen LogP contribution in [0.5, 0.6) is 0 Å². The van der Waals surface area contributed by atoms with Gasteiger partial charge in [0, 0.05) is 5.69 Å². The van der Waals surface area contributed by atoms with E-state index in [4.69, 9.17) is 4.74 Å². The lowest BCUT2D eigenvalue weighted by Crippen LogP contribution is -2.31. The molecule has 0 radical (unpaired) electrons. The van der Waals surface area contributed by atoms with Gasteiger partial charge in [0.15, 0.2) is 0 Å². The molecule has 0 saturated carbocycles. The molecule has 1 rings (SSSR count). The first-order chi connectivity index (χ1) is 9.10. The largest absolute Gasteiger partial charge is 0.467 e. The van der Waals surface area contributed by atoms with Gasteiger partial charge in [-0.2, -0.15) is 0 Å². The van der Waals surface area contributed by atoms with E-state index in [2.05, 4.69) is 32.2 Å². The van der Waals surface area contributed by atoms with Crippen LogP contribution in [0.25, 0.3) is 0 Å². The molecular weight excluding hydrogens is 238 g/mol. The maximum absolute atomic E-state index is 11.8. The molecule has 106 valence electrons. The topological polar surface area (TPSA) is 38.3 Å². The van der Waals surface area contributed by atoms with Crippen LogP contribution in [0.2, 0.25) is 0 Å². The van der Waals surface area contributed by atoms with Crippen LogP contribution in [-0.4, -0.2) is 19.1 Å². The number of hydrogen-bond donors (Lipinski definition) is 1. The fourth-order valence-corrected chi connectivity index (χ4v) is 2.12. The Balaban J connectivity index is 2.86. The fourth-order valence-electron chi connectivity index (χ4n) is 2.12. The maximum atomic E-state index is 11.8. The van der Waals surface area contributed by atoms with Crippen molar-refractivity contribution in [1.82, 2.24) is 0 Å². The summed E-state index contributed by atoms with van der Waals surface area (Å²) in [4.78, 5) is 11.8. The Labute approximate surface area is 116 Å². The minimum Gasteiger partial charge on any atom is -0.467 e. The molecular formula is C16H25NO2. The molecule has 0 spiro atoms. The highest BCUT2D eigenvalue weighted by Gasteiger charge is 2.19. The van der Waals surface area contributed by atoms with Gasteiger partial charge >= 0.3 is 5.97 Å². The van der Waals surface area contributed by atoms with Gasteiger partial charge in [-0.1, -0.05) is 51.8 Å². The zero-order valence-electron chi connectivity index (χ0n) is 12.4. The molecule has 3 nitrogen and oxygen atoms in total. The van der Waals surface area contributed by atoms with Crippen molar-refractivity contribution in [3.63, 3.8) is 0 Å². The van der Waals surface area contributed by atoms with Gasteiger partial charge in [0.25, 0.3) is 0 Å². The molecule has 19 heavy (non-hydrogen) atoms. The second-order valence-corrected chi connectivity index (χ2v) is 5.10. The number of benzene rings is 1. The van der Waals surface area contributed by atoms with Crippen LogP contribution in [-0.2, 0) is 9.53 Å². The molecule has 0 amide bonds. The molecule has 0 aromatic heterocycles. The van der Waals surface area contributed by atoms with Crippen LogP contribution < -0.4 is 5.32 Å². The average molecular weight is 263 g/mol. The summed E-state index contributed by atoms with van der Waals surface area (Å²) in [5.74, 6) is 0.236. The van der Waals surface area contributed by atoms with Crippen molar-refractivity contribution in [2.24, 2.45) is 0 Å². The molecule has 0 heterocycles. The van der Waals surface area contributed by atoms with E-state index in [9.17, 15) is 4.79 Å². The number of methoxy groups -OCH3 is 1. The SMILES string of the molecule is CCCCC(Nc1ccccc1C(C)C)C(=O)OC. The summed E-state index contributed by atoms with van der Waals surface area (Å²) in [5.41, 5.74) is 2.26. The first-order valence-corrected chi connectivity index (χ1v) is 7.03. The third-order valence-electron chi connectivity index (χ3n) is 3.24. The summed E-state index contributed by atoms with van der Waals surface area (Å²) >= 11 is 0. The van der Waals surface area contributed by atoms with Gasteiger partial charge in [0.2, 0.25) is 0 Å². The van der Waals surface area contributed by atoms with Gasteiger partial charge in [-0.15, -0.1) is 0 Å². The standard InChI is InChI=1S/C16H25NO2/c1-5-6-10-15(16(18)19-4)17-14-11-8-7-9-13(14)12(2)3/h7-9,11-12,15,17H,5-6,10H2,1-4H3. The lowest BCUT2D eigenvalue weighted by molar-refractivity contribution is -0.141. The van der Waals surface area contributed by atoms with E-state index in [-0.39, 0.29) is 12.0 Å². The number of carbonyl (C=O) groups excluding carboxylic acids is 1. The molecule has 0 bridgehead atoms. The Kier molecular flexibility index (Phi) is 6.40. The molecule has 0 aliphatic carbocycles. The molecule has 1 atom stereocenters. The first kappa shape index (κ1) is 15.5. The molecule has 0 saturated heterocycles. The lowest BCUT2D eigenvalue weighted by Gasteiger charge is -2.21. The van der Waals surface area contributed by atoms with Gasteiger partial charge in [-0.05, 0) is 24.0 Å². The number of ether oxygens (including phenoxy) is 1. The van der Waals surface area contributed by atoms with E-state index in [1.807, 2.05) is 18.2 Å². The number of nitrogens with one attached hydrogen (secondary N) is 1. The van der Waals surface area contributed by atoms with E-state index >= 15 is 0 Å². The molecule has 0 fully saturated rings. The quantitative estimate of drug-likeness (QED) is 0.757. The minimum atomic E-state index is -0.259. The second-order valence-electron chi connectivity index (χ2n) is 5.10. The Bertz CT molecular complexity index is 401.